The maximum atomic E-state index is 11.9. The molecule has 2 N–H and O–H groups in total. The van der Waals surface area contributed by atoms with Gasteiger partial charge in [0.1, 0.15) is 0 Å². The Labute approximate surface area is 107 Å². The number of amides is 1. The van der Waals surface area contributed by atoms with Crippen molar-refractivity contribution in [2.45, 2.75) is 39.0 Å². The number of carbonyl (C=O) groups excluding carboxylic acids is 1. The molecule has 0 bridgehead atoms. The van der Waals surface area contributed by atoms with Crippen molar-refractivity contribution >= 4 is 5.91 Å². The minimum Gasteiger partial charge on any atom is -0.459 e. The highest BCUT2D eigenvalue weighted by Gasteiger charge is 2.32. The zero-order valence-corrected chi connectivity index (χ0v) is 10.9. The fraction of sp³-hybridized carbons (Fsp3) is 0.643. The minimum absolute atomic E-state index is 0.131. The fourth-order valence-electron chi connectivity index (χ4n) is 2.65. The number of carbonyl (C=O) groups is 1. The van der Waals surface area contributed by atoms with Gasteiger partial charge in [-0.25, -0.2) is 0 Å². The molecule has 0 unspecified atom stereocenters. The van der Waals surface area contributed by atoms with Crippen LogP contribution < -0.4 is 5.32 Å². The molecule has 0 aromatic carbocycles. The Morgan fingerprint density at radius 3 is 2.72 bits per heavy atom. The van der Waals surface area contributed by atoms with E-state index in [2.05, 4.69) is 5.32 Å². The summed E-state index contributed by atoms with van der Waals surface area (Å²) in [6.45, 7) is 2.52. The summed E-state index contributed by atoms with van der Waals surface area (Å²) in [6, 6.07) is 1.78. The zero-order chi connectivity index (χ0) is 13.0. The quantitative estimate of drug-likeness (QED) is 0.862. The lowest BCUT2D eigenvalue weighted by Gasteiger charge is -2.35. The lowest BCUT2D eigenvalue weighted by atomic mass is 9.74. The van der Waals surface area contributed by atoms with Gasteiger partial charge in [0.05, 0.1) is 12.9 Å². The smallest absolute Gasteiger partial charge is 0.287 e. The minimum atomic E-state index is -0.184. The second-order valence-corrected chi connectivity index (χ2v) is 5.33. The first kappa shape index (κ1) is 13.1. The Morgan fingerprint density at radius 1 is 1.44 bits per heavy atom. The summed E-state index contributed by atoms with van der Waals surface area (Å²) in [6.07, 6.45) is 6.99. The average molecular weight is 251 g/mol. The summed E-state index contributed by atoms with van der Waals surface area (Å²) in [4.78, 5) is 11.9. The molecule has 2 rings (SSSR count). The highest BCUT2D eigenvalue weighted by atomic mass is 16.3. The van der Waals surface area contributed by atoms with E-state index in [1.54, 1.807) is 6.07 Å². The van der Waals surface area contributed by atoms with Crippen LogP contribution in [0, 0.1) is 12.3 Å². The molecular weight excluding hydrogens is 230 g/mol. The van der Waals surface area contributed by atoms with Crippen LogP contribution in [-0.4, -0.2) is 24.2 Å². The molecule has 0 saturated heterocycles. The van der Waals surface area contributed by atoms with E-state index in [0.29, 0.717) is 12.3 Å². The Bertz CT molecular complexity index is 405. The third-order valence-electron chi connectivity index (χ3n) is 3.94. The monoisotopic (exact) mass is 251 g/mol. The molecule has 0 aliphatic heterocycles. The van der Waals surface area contributed by atoms with E-state index in [1.165, 1.54) is 12.7 Å². The predicted molar refractivity (Wildman–Crippen MR) is 68.4 cm³/mol. The van der Waals surface area contributed by atoms with E-state index in [9.17, 15) is 9.90 Å². The topological polar surface area (TPSA) is 62.5 Å². The van der Waals surface area contributed by atoms with Gasteiger partial charge in [0.2, 0.25) is 0 Å². The van der Waals surface area contributed by atoms with Crippen molar-refractivity contribution in [3.63, 3.8) is 0 Å². The molecule has 1 amide bonds. The molecule has 100 valence electrons. The molecule has 0 atom stereocenters. The van der Waals surface area contributed by atoms with E-state index in [4.69, 9.17) is 4.42 Å². The van der Waals surface area contributed by atoms with Crippen molar-refractivity contribution in [1.29, 1.82) is 0 Å². The molecule has 1 aromatic heterocycles. The van der Waals surface area contributed by atoms with Gasteiger partial charge in [-0.3, -0.25) is 4.79 Å². The van der Waals surface area contributed by atoms with E-state index in [0.717, 1.165) is 31.2 Å². The first-order valence-corrected chi connectivity index (χ1v) is 6.60. The number of hydrogen-bond acceptors (Lipinski definition) is 3. The Morgan fingerprint density at radius 2 is 2.17 bits per heavy atom. The number of rotatable bonds is 4. The summed E-state index contributed by atoms with van der Waals surface area (Å²) in [5, 5.41) is 12.5. The third-order valence-corrected chi connectivity index (χ3v) is 3.94. The Hall–Kier alpha value is -1.29. The molecule has 1 aliphatic rings. The normalized spacial score (nSPS) is 18.6. The number of aliphatic hydroxyl groups excluding tert-OH is 1. The lowest BCUT2D eigenvalue weighted by molar-refractivity contribution is 0.0703. The molecule has 4 nitrogen and oxygen atoms in total. The SMILES string of the molecule is Cc1ccoc1C(=O)NCC1(CO)CCCCC1. The van der Waals surface area contributed by atoms with Crippen molar-refractivity contribution in [2.24, 2.45) is 5.41 Å². The summed E-state index contributed by atoms with van der Waals surface area (Å²) >= 11 is 0. The van der Waals surface area contributed by atoms with Crippen LogP contribution in [0.25, 0.3) is 0 Å². The van der Waals surface area contributed by atoms with Crippen molar-refractivity contribution in [3.8, 4) is 0 Å². The van der Waals surface area contributed by atoms with Crippen LogP contribution in [0.2, 0.25) is 0 Å². The van der Waals surface area contributed by atoms with Crippen LogP contribution in [0.1, 0.15) is 48.2 Å². The van der Waals surface area contributed by atoms with Crippen LogP contribution in [0.4, 0.5) is 0 Å². The molecule has 1 aromatic rings. The lowest BCUT2D eigenvalue weighted by Crippen LogP contribution is -2.41. The molecule has 18 heavy (non-hydrogen) atoms. The number of aryl methyl sites for hydroxylation is 1. The van der Waals surface area contributed by atoms with E-state index in [1.807, 2.05) is 6.92 Å². The van der Waals surface area contributed by atoms with Gasteiger partial charge in [0.15, 0.2) is 5.76 Å². The van der Waals surface area contributed by atoms with Crippen LogP contribution in [0.15, 0.2) is 16.7 Å². The average Bonchev–Trinajstić information content (AvgIpc) is 2.83. The molecule has 1 saturated carbocycles. The zero-order valence-electron chi connectivity index (χ0n) is 10.9. The summed E-state index contributed by atoms with van der Waals surface area (Å²) in [5.74, 6) is 0.190. The maximum absolute atomic E-state index is 11.9. The largest absolute Gasteiger partial charge is 0.459 e. The van der Waals surface area contributed by atoms with Gasteiger partial charge in [-0.15, -0.1) is 0 Å². The molecule has 1 aliphatic carbocycles. The first-order valence-electron chi connectivity index (χ1n) is 6.60. The number of furan rings is 1. The van der Waals surface area contributed by atoms with Crippen LogP contribution >= 0.6 is 0 Å². The van der Waals surface area contributed by atoms with Crippen LogP contribution in [0.3, 0.4) is 0 Å². The molecule has 0 radical (unpaired) electrons. The first-order chi connectivity index (χ1) is 8.67. The Kier molecular flexibility index (Phi) is 4.07. The highest BCUT2D eigenvalue weighted by molar-refractivity contribution is 5.92. The van der Waals surface area contributed by atoms with Gasteiger partial charge in [-0.1, -0.05) is 19.3 Å². The van der Waals surface area contributed by atoms with E-state index in [-0.39, 0.29) is 17.9 Å². The second-order valence-electron chi connectivity index (χ2n) is 5.33. The standard InChI is InChI=1S/C14H21NO3/c1-11-5-8-18-12(11)13(17)15-9-14(10-16)6-3-2-4-7-14/h5,8,16H,2-4,6-7,9-10H2,1H3,(H,15,17). The summed E-state index contributed by atoms with van der Waals surface area (Å²) in [7, 11) is 0. The summed E-state index contributed by atoms with van der Waals surface area (Å²) < 4.78 is 5.16. The second kappa shape index (κ2) is 5.57. The van der Waals surface area contributed by atoms with Gasteiger partial charge in [0, 0.05) is 17.5 Å². The third kappa shape index (κ3) is 2.75. The van der Waals surface area contributed by atoms with Crippen molar-refractivity contribution < 1.29 is 14.3 Å². The fourth-order valence-corrected chi connectivity index (χ4v) is 2.65. The molecule has 4 heteroatoms. The molecule has 1 fully saturated rings. The Balaban J connectivity index is 1.94. The number of nitrogens with one attached hydrogen (secondary N) is 1. The summed E-state index contributed by atoms with van der Waals surface area (Å²) in [5.41, 5.74) is 0.711. The molecular formula is C14H21NO3. The van der Waals surface area contributed by atoms with Gasteiger partial charge in [-0.2, -0.15) is 0 Å². The van der Waals surface area contributed by atoms with Crippen molar-refractivity contribution in [3.05, 3.63) is 23.7 Å². The van der Waals surface area contributed by atoms with Gasteiger partial charge >= 0.3 is 0 Å². The van der Waals surface area contributed by atoms with Crippen molar-refractivity contribution in [1.82, 2.24) is 5.32 Å². The van der Waals surface area contributed by atoms with Crippen LogP contribution in [-0.2, 0) is 0 Å². The maximum Gasteiger partial charge on any atom is 0.287 e. The number of hydrogen-bond donors (Lipinski definition) is 2. The van der Waals surface area contributed by atoms with Crippen LogP contribution in [0.5, 0.6) is 0 Å². The van der Waals surface area contributed by atoms with E-state index >= 15 is 0 Å². The molecule has 0 spiro atoms. The van der Waals surface area contributed by atoms with Gasteiger partial charge in [0.25, 0.3) is 5.91 Å². The number of aliphatic hydroxyl groups is 1. The predicted octanol–water partition coefficient (Wildman–Crippen LogP) is 2.26. The molecule has 1 heterocycles. The van der Waals surface area contributed by atoms with Crippen molar-refractivity contribution in [2.75, 3.05) is 13.2 Å². The van der Waals surface area contributed by atoms with E-state index < -0.39 is 0 Å². The van der Waals surface area contributed by atoms with Gasteiger partial charge in [-0.05, 0) is 25.8 Å². The highest BCUT2D eigenvalue weighted by Crippen LogP contribution is 2.35. The van der Waals surface area contributed by atoms with Gasteiger partial charge < -0.3 is 14.8 Å².